The molecule has 3 aliphatic rings. The Labute approximate surface area is 202 Å². The van der Waals surface area contributed by atoms with Crippen LogP contribution in [0.3, 0.4) is 0 Å². The first-order valence-electron chi connectivity index (χ1n) is 11.6. The molecule has 1 saturated carbocycles. The molecule has 2 aromatic carbocycles. The number of hydrogen-bond acceptors (Lipinski definition) is 5. The van der Waals surface area contributed by atoms with Crippen molar-refractivity contribution in [3.8, 4) is 11.1 Å². The lowest BCUT2D eigenvalue weighted by atomic mass is 9.93. The molecule has 5 rings (SSSR count). The van der Waals surface area contributed by atoms with Crippen molar-refractivity contribution in [3.63, 3.8) is 0 Å². The van der Waals surface area contributed by atoms with Crippen molar-refractivity contribution in [2.75, 3.05) is 24.7 Å². The van der Waals surface area contributed by atoms with E-state index in [2.05, 4.69) is 29.6 Å². The molecule has 178 valence electrons. The number of rotatable bonds is 6. The fraction of sp³-hybridized carbons (Fsp3) is 0.423. The van der Waals surface area contributed by atoms with Crippen molar-refractivity contribution < 1.29 is 24.2 Å². The summed E-state index contributed by atoms with van der Waals surface area (Å²) in [6.07, 6.45) is 0.973. The van der Waals surface area contributed by atoms with Gasteiger partial charge in [0.25, 0.3) is 0 Å². The largest absolute Gasteiger partial charge is 0.480 e. The van der Waals surface area contributed by atoms with Gasteiger partial charge in [0.15, 0.2) is 0 Å². The third kappa shape index (κ3) is 4.04. The molecule has 0 radical (unpaired) electrons. The maximum atomic E-state index is 13.5. The zero-order valence-electron chi connectivity index (χ0n) is 19.0. The van der Waals surface area contributed by atoms with Crippen LogP contribution in [0.25, 0.3) is 11.1 Å². The zero-order valence-corrected chi connectivity index (χ0v) is 19.8. The molecule has 1 saturated heterocycles. The molecule has 7 nitrogen and oxygen atoms in total. The topological polar surface area (TPSA) is 95.9 Å². The number of carboxylic acid groups (broad SMARTS) is 1. The summed E-state index contributed by atoms with van der Waals surface area (Å²) < 4.78 is 5.68. The zero-order chi connectivity index (χ0) is 23.9. The van der Waals surface area contributed by atoms with Crippen molar-refractivity contribution in [1.29, 1.82) is 0 Å². The lowest BCUT2D eigenvalue weighted by Crippen LogP contribution is -2.63. The highest BCUT2D eigenvalue weighted by Crippen LogP contribution is 2.45. The maximum absolute atomic E-state index is 13.5. The normalized spacial score (nSPS) is 21.2. The number of nitrogens with zero attached hydrogens (tertiary/aromatic N) is 1. The Morgan fingerprint density at radius 2 is 1.71 bits per heavy atom. The summed E-state index contributed by atoms with van der Waals surface area (Å²) in [5.74, 6) is -0.411. The van der Waals surface area contributed by atoms with Gasteiger partial charge < -0.3 is 20.1 Å². The smallest absolute Gasteiger partial charge is 0.408 e. The number of carboxylic acids is 1. The highest BCUT2D eigenvalue weighted by molar-refractivity contribution is 7.99. The van der Waals surface area contributed by atoms with Crippen molar-refractivity contribution in [3.05, 3.63) is 59.7 Å². The Bertz CT molecular complexity index is 1090. The van der Waals surface area contributed by atoms with Crippen LogP contribution in [-0.4, -0.2) is 64.2 Å². The summed E-state index contributed by atoms with van der Waals surface area (Å²) in [6.45, 7) is 2.22. The van der Waals surface area contributed by atoms with Crippen molar-refractivity contribution in [2.45, 2.75) is 37.3 Å². The standard InChI is InChI=1S/C26H28N2O5S/c1-26(16-10-11-16,24(31)28-12-13-34-15-22(28)23(29)30)27-25(32)33-14-21-19-8-4-2-6-17(19)18-7-3-5-9-20(18)21/h2-9,16,21-22H,10-15H2,1H3,(H,27,32)(H,29,30). The lowest BCUT2D eigenvalue weighted by molar-refractivity contribution is -0.152. The van der Waals surface area contributed by atoms with E-state index in [9.17, 15) is 19.5 Å². The van der Waals surface area contributed by atoms with Crippen molar-refractivity contribution in [1.82, 2.24) is 10.2 Å². The molecule has 1 aliphatic heterocycles. The number of thioether (sulfide) groups is 1. The number of carbonyl (C=O) groups excluding carboxylic acids is 2. The van der Waals surface area contributed by atoms with Crippen LogP contribution >= 0.6 is 11.8 Å². The number of fused-ring (bicyclic) bond motifs is 3. The maximum Gasteiger partial charge on any atom is 0.408 e. The predicted octanol–water partition coefficient (Wildman–Crippen LogP) is 3.72. The first-order valence-corrected chi connectivity index (χ1v) is 12.8. The van der Waals surface area contributed by atoms with Gasteiger partial charge in [0.2, 0.25) is 5.91 Å². The fourth-order valence-corrected chi connectivity index (χ4v) is 6.23. The van der Waals surface area contributed by atoms with E-state index < -0.39 is 23.6 Å². The van der Waals surface area contributed by atoms with Gasteiger partial charge in [0.05, 0.1) is 0 Å². The van der Waals surface area contributed by atoms with E-state index in [-0.39, 0.29) is 24.3 Å². The summed E-state index contributed by atoms with van der Waals surface area (Å²) in [4.78, 5) is 39.6. The van der Waals surface area contributed by atoms with E-state index in [4.69, 9.17) is 4.74 Å². The Hall–Kier alpha value is -3.00. The average molecular weight is 481 g/mol. The molecule has 2 aromatic rings. The van der Waals surface area contributed by atoms with E-state index in [0.717, 1.165) is 35.1 Å². The predicted molar refractivity (Wildman–Crippen MR) is 130 cm³/mol. The molecule has 2 fully saturated rings. The number of amides is 2. The summed E-state index contributed by atoms with van der Waals surface area (Å²) in [5.41, 5.74) is 3.35. The molecule has 2 N–H and O–H groups in total. The summed E-state index contributed by atoms with van der Waals surface area (Å²) >= 11 is 1.53. The van der Waals surface area contributed by atoms with Gasteiger partial charge in [-0.1, -0.05) is 48.5 Å². The lowest BCUT2D eigenvalue weighted by Gasteiger charge is -2.39. The number of ether oxygens (including phenoxy) is 1. The fourth-order valence-electron chi connectivity index (χ4n) is 5.19. The summed E-state index contributed by atoms with van der Waals surface area (Å²) in [7, 11) is 0. The minimum absolute atomic E-state index is 0.0236. The third-order valence-electron chi connectivity index (χ3n) is 7.22. The van der Waals surface area contributed by atoms with Crippen LogP contribution in [0, 0.1) is 5.92 Å². The van der Waals surface area contributed by atoms with Gasteiger partial charge in [-0.05, 0) is 47.9 Å². The quantitative estimate of drug-likeness (QED) is 0.654. The second-order valence-corrected chi connectivity index (χ2v) is 10.5. The minimum atomic E-state index is -1.18. The number of benzene rings is 2. The first-order chi connectivity index (χ1) is 16.4. The van der Waals surface area contributed by atoms with Gasteiger partial charge in [-0.2, -0.15) is 11.8 Å². The second kappa shape index (κ2) is 8.98. The third-order valence-corrected chi connectivity index (χ3v) is 8.24. The molecule has 0 bridgehead atoms. The van der Waals surface area contributed by atoms with Crippen LogP contribution in [0.5, 0.6) is 0 Å². The number of nitrogens with one attached hydrogen (secondary N) is 1. The van der Waals surface area contributed by atoms with E-state index in [1.807, 2.05) is 24.3 Å². The Morgan fingerprint density at radius 3 is 2.29 bits per heavy atom. The van der Waals surface area contributed by atoms with Gasteiger partial charge in [-0.3, -0.25) is 4.79 Å². The Kier molecular flexibility index (Phi) is 6.02. The van der Waals surface area contributed by atoms with Gasteiger partial charge in [-0.15, -0.1) is 0 Å². The highest BCUT2D eigenvalue weighted by atomic mass is 32.2. The van der Waals surface area contributed by atoms with E-state index in [1.165, 1.54) is 16.7 Å². The van der Waals surface area contributed by atoms with Gasteiger partial charge in [0.1, 0.15) is 18.2 Å². The highest BCUT2D eigenvalue weighted by Gasteiger charge is 2.52. The van der Waals surface area contributed by atoms with Crippen LogP contribution in [0.15, 0.2) is 48.5 Å². The number of carbonyl (C=O) groups is 3. The molecule has 2 amide bonds. The minimum Gasteiger partial charge on any atom is -0.480 e. The SMILES string of the molecule is CC(NC(=O)OCC1c2ccccc2-c2ccccc21)(C(=O)N1CCSCC1C(=O)O)C1CC1. The molecule has 2 unspecified atom stereocenters. The molecule has 34 heavy (non-hydrogen) atoms. The van der Waals surface area contributed by atoms with Gasteiger partial charge in [-0.25, -0.2) is 9.59 Å². The van der Waals surface area contributed by atoms with Crippen molar-refractivity contribution in [2.24, 2.45) is 5.92 Å². The van der Waals surface area contributed by atoms with E-state index >= 15 is 0 Å². The monoisotopic (exact) mass is 480 g/mol. The Morgan fingerprint density at radius 1 is 1.09 bits per heavy atom. The van der Waals surface area contributed by atoms with Gasteiger partial charge >= 0.3 is 12.1 Å². The molecule has 2 atom stereocenters. The first kappa shape index (κ1) is 22.8. The van der Waals surface area contributed by atoms with Crippen LogP contribution in [0.2, 0.25) is 0 Å². The Balaban J connectivity index is 1.30. The van der Waals surface area contributed by atoms with E-state index in [1.54, 1.807) is 6.92 Å². The molecular weight excluding hydrogens is 452 g/mol. The molecular formula is C26H28N2O5S. The van der Waals surface area contributed by atoms with Crippen LogP contribution in [-0.2, 0) is 14.3 Å². The molecule has 1 heterocycles. The van der Waals surface area contributed by atoms with Crippen molar-refractivity contribution >= 4 is 29.7 Å². The number of aliphatic carboxylic acids is 1. The number of hydrogen-bond donors (Lipinski definition) is 2. The summed E-state index contributed by atoms with van der Waals surface area (Å²) in [6, 6.07) is 15.4. The van der Waals surface area contributed by atoms with Gasteiger partial charge in [0, 0.05) is 24.0 Å². The molecule has 0 spiro atoms. The average Bonchev–Trinajstić information content (AvgIpc) is 3.66. The second-order valence-electron chi connectivity index (χ2n) is 9.35. The number of alkyl carbamates (subject to hydrolysis) is 1. The van der Waals surface area contributed by atoms with Crippen LogP contribution < -0.4 is 5.32 Å². The molecule has 0 aromatic heterocycles. The molecule has 2 aliphatic carbocycles. The van der Waals surface area contributed by atoms with Crippen LogP contribution in [0.1, 0.15) is 36.8 Å². The van der Waals surface area contributed by atoms with E-state index in [0.29, 0.717) is 18.1 Å². The van der Waals surface area contributed by atoms with Crippen LogP contribution in [0.4, 0.5) is 4.79 Å². The molecule has 8 heteroatoms. The summed E-state index contributed by atoms with van der Waals surface area (Å²) in [5, 5.41) is 12.4.